The fourth-order valence-electron chi connectivity index (χ4n) is 2.62. The number of esters is 1. The van der Waals surface area contributed by atoms with E-state index in [1.165, 1.54) is 31.2 Å². The molecule has 31 heavy (non-hydrogen) atoms. The maximum absolute atomic E-state index is 12.7. The Morgan fingerprint density at radius 2 is 1.68 bits per heavy atom. The van der Waals surface area contributed by atoms with E-state index in [2.05, 4.69) is 5.10 Å². The highest BCUT2D eigenvalue weighted by Gasteiger charge is 2.25. The molecule has 0 N–H and O–H groups in total. The third kappa shape index (κ3) is 4.86. The lowest BCUT2D eigenvalue weighted by atomic mass is 10.2. The fourth-order valence-corrected chi connectivity index (χ4v) is 3.55. The summed E-state index contributed by atoms with van der Waals surface area (Å²) < 4.78 is 36.3. The van der Waals surface area contributed by atoms with Gasteiger partial charge in [-0.2, -0.15) is 18.2 Å². The van der Waals surface area contributed by atoms with E-state index in [0.717, 1.165) is 10.7 Å². The smallest absolute Gasteiger partial charge is 0.362 e. The van der Waals surface area contributed by atoms with Crippen LogP contribution in [0.1, 0.15) is 34.7 Å². The normalized spacial score (nSPS) is 11.0. The van der Waals surface area contributed by atoms with Gasteiger partial charge in [-0.25, -0.2) is 4.79 Å². The monoisotopic (exact) mass is 442 g/mol. The van der Waals surface area contributed by atoms with Gasteiger partial charge in [0.25, 0.3) is 5.56 Å². The van der Waals surface area contributed by atoms with Gasteiger partial charge in [0.15, 0.2) is 11.5 Å². The van der Waals surface area contributed by atoms with E-state index in [4.69, 9.17) is 8.92 Å². The van der Waals surface area contributed by atoms with E-state index >= 15 is 0 Å². The number of carbonyl (C=O) groups is 2. The Labute approximate surface area is 178 Å². The molecule has 3 rings (SSSR count). The first kappa shape index (κ1) is 21.9. The number of carbonyl (C=O) groups excluding carboxylic acids is 2. The van der Waals surface area contributed by atoms with Crippen LogP contribution in [0, 0.1) is 0 Å². The number of ketones is 1. The van der Waals surface area contributed by atoms with Gasteiger partial charge >= 0.3 is 16.1 Å². The molecule has 2 aromatic carbocycles. The summed E-state index contributed by atoms with van der Waals surface area (Å²) in [6, 6.07) is 14.2. The van der Waals surface area contributed by atoms with Crippen LogP contribution in [0.4, 0.5) is 0 Å². The molecule has 0 bridgehead atoms. The molecule has 1 aromatic heterocycles. The lowest BCUT2D eigenvalue weighted by Crippen LogP contribution is -2.26. The number of ether oxygens (including phenoxy) is 1. The predicted octanol–water partition coefficient (Wildman–Crippen LogP) is 2.38. The summed E-state index contributed by atoms with van der Waals surface area (Å²) in [5.74, 6) is -1.75. The first-order valence-corrected chi connectivity index (χ1v) is 10.6. The van der Waals surface area contributed by atoms with Crippen LogP contribution in [0.25, 0.3) is 5.69 Å². The molecule has 0 aliphatic heterocycles. The Balaban J connectivity index is 2.07. The average molecular weight is 442 g/mol. The van der Waals surface area contributed by atoms with E-state index < -0.39 is 33.1 Å². The maximum Gasteiger partial charge on any atom is 0.362 e. The molecule has 9 nitrogen and oxygen atoms in total. The Bertz CT molecular complexity index is 1280. The maximum atomic E-state index is 12.7. The van der Waals surface area contributed by atoms with Crippen LogP contribution in [0.3, 0.4) is 0 Å². The van der Waals surface area contributed by atoms with Crippen molar-refractivity contribution in [3.8, 4) is 11.4 Å². The van der Waals surface area contributed by atoms with Crippen LogP contribution in [-0.4, -0.2) is 36.6 Å². The second-order valence-corrected chi connectivity index (χ2v) is 7.83. The number of aromatic nitrogens is 2. The molecule has 0 spiro atoms. The third-order valence-corrected chi connectivity index (χ3v) is 5.36. The van der Waals surface area contributed by atoms with Crippen molar-refractivity contribution in [3.63, 3.8) is 0 Å². The van der Waals surface area contributed by atoms with E-state index in [9.17, 15) is 22.8 Å². The molecule has 0 amide bonds. The SMILES string of the molecule is CCOC(=O)c1nn(-c2ccccc2)c(=O)cc1OS(=O)(=O)c1ccc(C(C)=O)cc1. The number of rotatable bonds is 7. The van der Waals surface area contributed by atoms with Crippen LogP contribution in [0.15, 0.2) is 70.4 Å². The van der Waals surface area contributed by atoms with E-state index in [0.29, 0.717) is 11.3 Å². The molecule has 160 valence electrons. The molecule has 0 radical (unpaired) electrons. The molecule has 0 aliphatic carbocycles. The highest BCUT2D eigenvalue weighted by molar-refractivity contribution is 7.87. The van der Waals surface area contributed by atoms with E-state index in [-0.39, 0.29) is 17.3 Å². The lowest BCUT2D eigenvalue weighted by Gasteiger charge is -2.12. The van der Waals surface area contributed by atoms with E-state index in [1.54, 1.807) is 37.3 Å². The number of Topliss-reactive ketones (excluding diaryl/α,β-unsaturated/α-hetero) is 1. The molecule has 10 heteroatoms. The number of para-hydroxylation sites is 1. The van der Waals surface area contributed by atoms with Crippen LogP contribution in [-0.2, 0) is 14.9 Å². The molecular weight excluding hydrogens is 424 g/mol. The first-order chi connectivity index (χ1) is 14.7. The van der Waals surface area contributed by atoms with Crippen LogP contribution < -0.4 is 9.74 Å². The molecule has 0 saturated heterocycles. The van der Waals surface area contributed by atoms with Crippen LogP contribution >= 0.6 is 0 Å². The van der Waals surface area contributed by atoms with Crippen molar-refractivity contribution in [1.82, 2.24) is 9.78 Å². The van der Waals surface area contributed by atoms with Gasteiger partial charge in [0.05, 0.1) is 18.4 Å². The molecule has 0 atom stereocenters. The molecule has 3 aromatic rings. The van der Waals surface area contributed by atoms with Gasteiger partial charge in [0.1, 0.15) is 4.90 Å². The summed E-state index contributed by atoms with van der Waals surface area (Å²) in [4.78, 5) is 36.1. The zero-order valence-corrected chi connectivity index (χ0v) is 17.5. The van der Waals surface area contributed by atoms with Gasteiger partial charge in [0.2, 0.25) is 5.69 Å². The summed E-state index contributed by atoms with van der Waals surface area (Å²) >= 11 is 0. The number of hydrogen-bond donors (Lipinski definition) is 0. The summed E-state index contributed by atoms with van der Waals surface area (Å²) in [6.45, 7) is 2.92. The minimum absolute atomic E-state index is 0.00365. The van der Waals surface area contributed by atoms with Crippen LogP contribution in [0.5, 0.6) is 5.75 Å². The number of benzene rings is 2. The third-order valence-electron chi connectivity index (χ3n) is 4.12. The average Bonchev–Trinajstić information content (AvgIpc) is 2.74. The van der Waals surface area contributed by atoms with Crippen molar-refractivity contribution in [2.45, 2.75) is 18.7 Å². The molecule has 0 aliphatic rings. The minimum atomic E-state index is -4.43. The number of nitrogens with zero attached hydrogens (tertiary/aromatic N) is 2. The van der Waals surface area contributed by atoms with Gasteiger partial charge in [-0.3, -0.25) is 9.59 Å². The Morgan fingerprint density at radius 1 is 1.03 bits per heavy atom. The highest BCUT2D eigenvalue weighted by Crippen LogP contribution is 2.22. The van der Waals surface area contributed by atoms with Crippen molar-refractivity contribution in [2.24, 2.45) is 0 Å². The van der Waals surface area contributed by atoms with E-state index in [1.807, 2.05) is 0 Å². The Kier molecular flexibility index (Phi) is 6.30. The molecule has 0 unspecified atom stereocenters. The van der Waals surface area contributed by atoms with Crippen molar-refractivity contribution in [1.29, 1.82) is 0 Å². The van der Waals surface area contributed by atoms with Gasteiger partial charge in [-0.1, -0.05) is 30.3 Å². The van der Waals surface area contributed by atoms with Gasteiger partial charge < -0.3 is 8.92 Å². The molecular formula is C21H18N2O7S. The largest absolute Gasteiger partial charge is 0.461 e. The van der Waals surface area contributed by atoms with Gasteiger partial charge in [-0.15, -0.1) is 0 Å². The second kappa shape index (κ2) is 8.92. The van der Waals surface area contributed by atoms with Crippen molar-refractivity contribution in [2.75, 3.05) is 6.61 Å². The van der Waals surface area contributed by atoms with Gasteiger partial charge in [-0.05, 0) is 38.1 Å². The Morgan fingerprint density at radius 3 is 2.26 bits per heavy atom. The quantitative estimate of drug-likeness (QED) is 0.311. The summed E-state index contributed by atoms with van der Waals surface area (Å²) in [5.41, 5.74) is -0.504. The highest BCUT2D eigenvalue weighted by atomic mass is 32.2. The zero-order valence-electron chi connectivity index (χ0n) is 16.6. The van der Waals surface area contributed by atoms with Crippen LogP contribution in [0.2, 0.25) is 0 Å². The van der Waals surface area contributed by atoms with Crippen molar-refractivity contribution < 1.29 is 26.9 Å². The topological polar surface area (TPSA) is 122 Å². The fraction of sp³-hybridized carbons (Fsp3) is 0.143. The first-order valence-electron chi connectivity index (χ1n) is 9.15. The standard InChI is InChI=1S/C21H18N2O7S/c1-3-29-21(26)20-18(13-19(25)23(22-20)16-7-5-4-6-8-16)30-31(27,28)17-11-9-15(10-12-17)14(2)24/h4-13H,3H2,1-2H3. The Hall–Kier alpha value is -3.79. The minimum Gasteiger partial charge on any atom is -0.461 e. The van der Waals surface area contributed by atoms with Crippen molar-refractivity contribution >= 4 is 21.9 Å². The lowest BCUT2D eigenvalue weighted by molar-refractivity contribution is 0.0514. The van der Waals surface area contributed by atoms with Crippen molar-refractivity contribution in [3.05, 3.63) is 82.3 Å². The molecule has 1 heterocycles. The zero-order chi connectivity index (χ0) is 22.6. The summed E-state index contributed by atoms with van der Waals surface area (Å²) in [5, 5.41) is 3.97. The predicted molar refractivity (Wildman–Crippen MR) is 110 cm³/mol. The summed E-state index contributed by atoms with van der Waals surface area (Å²) in [6.07, 6.45) is 0. The molecule has 0 fully saturated rings. The number of hydrogen-bond acceptors (Lipinski definition) is 8. The van der Waals surface area contributed by atoms with Gasteiger partial charge in [0, 0.05) is 5.56 Å². The molecule has 0 saturated carbocycles. The summed E-state index contributed by atoms with van der Waals surface area (Å²) in [7, 11) is -4.43. The second-order valence-electron chi connectivity index (χ2n) is 6.28.